The standard InChI is InChI=1S/C55H37N/c1-36-17-11-15-27-52(36)56(53-28-16-14-24-43(53)37-18-5-2-6-19-37)42-30-29-40-32-46-47(33-41(40)31-42)49-35-51-50(34-48(46)49)54(38-20-7-3-8-21-38)44-25-12-13-26-45(44)55(51)39-22-9-4-10-23-39/h2-35H,1H3. The van der Waals surface area contributed by atoms with Crippen LogP contribution in [-0.4, -0.2) is 0 Å². The summed E-state index contributed by atoms with van der Waals surface area (Å²) in [5.74, 6) is 0. The van der Waals surface area contributed by atoms with Crippen LogP contribution in [0, 0.1) is 6.92 Å². The molecule has 0 unspecified atom stereocenters. The molecule has 0 spiro atoms. The second-order valence-corrected chi connectivity index (χ2v) is 14.9. The van der Waals surface area contributed by atoms with Crippen molar-refractivity contribution in [3.05, 3.63) is 212 Å². The summed E-state index contributed by atoms with van der Waals surface area (Å²) in [7, 11) is 0. The van der Waals surface area contributed by atoms with Crippen molar-refractivity contribution in [2.45, 2.75) is 6.92 Å². The van der Waals surface area contributed by atoms with Crippen molar-refractivity contribution in [2.75, 3.05) is 4.90 Å². The van der Waals surface area contributed by atoms with Crippen molar-refractivity contribution in [1.82, 2.24) is 0 Å². The first-order valence-corrected chi connectivity index (χ1v) is 19.4. The molecule has 0 fully saturated rings. The van der Waals surface area contributed by atoms with Crippen molar-refractivity contribution >= 4 is 49.4 Å². The van der Waals surface area contributed by atoms with Crippen LogP contribution in [0.5, 0.6) is 0 Å². The Morgan fingerprint density at radius 2 is 0.768 bits per heavy atom. The summed E-state index contributed by atoms with van der Waals surface area (Å²) >= 11 is 0. The fourth-order valence-electron chi connectivity index (χ4n) is 9.06. The van der Waals surface area contributed by atoms with Gasteiger partial charge >= 0.3 is 0 Å². The van der Waals surface area contributed by atoms with E-state index in [1.165, 1.54) is 99.2 Å². The van der Waals surface area contributed by atoms with Gasteiger partial charge in [-0.15, -0.1) is 0 Å². The zero-order valence-corrected chi connectivity index (χ0v) is 31.1. The minimum Gasteiger partial charge on any atom is -0.310 e. The smallest absolute Gasteiger partial charge is 0.0540 e. The van der Waals surface area contributed by atoms with Crippen molar-refractivity contribution in [2.24, 2.45) is 0 Å². The Labute approximate surface area is 327 Å². The van der Waals surface area contributed by atoms with Crippen molar-refractivity contribution in [3.8, 4) is 55.6 Å². The summed E-state index contributed by atoms with van der Waals surface area (Å²) in [5.41, 5.74) is 17.4. The Bertz CT molecular complexity index is 3130. The summed E-state index contributed by atoms with van der Waals surface area (Å²) in [6, 6.07) is 75.7. The van der Waals surface area contributed by atoms with E-state index >= 15 is 0 Å². The molecule has 262 valence electrons. The van der Waals surface area contributed by atoms with Gasteiger partial charge in [-0.25, -0.2) is 0 Å². The summed E-state index contributed by atoms with van der Waals surface area (Å²) < 4.78 is 0. The minimum atomic E-state index is 1.14. The van der Waals surface area contributed by atoms with Gasteiger partial charge in [0.2, 0.25) is 0 Å². The van der Waals surface area contributed by atoms with Gasteiger partial charge in [-0.2, -0.15) is 0 Å². The maximum Gasteiger partial charge on any atom is 0.0540 e. The molecule has 0 radical (unpaired) electrons. The number of fused-ring (bicyclic) bond motifs is 7. The molecular formula is C55H37N. The maximum absolute atomic E-state index is 2.47. The van der Waals surface area contributed by atoms with E-state index in [1.807, 2.05) is 0 Å². The Morgan fingerprint density at radius 3 is 1.36 bits per heavy atom. The van der Waals surface area contributed by atoms with Crippen molar-refractivity contribution < 1.29 is 0 Å². The van der Waals surface area contributed by atoms with Gasteiger partial charge in [0.05, 0.1) is 5.69 Å². The highest BCUT2D eigenvalue weighted by molar-refractivity contribution is 6.25. The number of benzene rings is 10. The van der Waals surface area contributed by atoms with Gasteiger partial charge in [0.25, 0.3) is 0 Å². The molecule has 1 nitrogen and oxygen atoms in total. The molecule has 0 heterocycles. The molecule has 0 N–H and O–H groups in total. The number of para-hydroxylation sites is 2. The molecule has 0 bridgehead atoms. The lowest BCUT2D eigenvalue weighted by atomic mass is 9.75. The fraction of sp³-hybridized carbons (Fsp3) is 0.0182. The summed E-state index contributed by atoms with van der Waals surface area (Å²) in [4.78, 5) is 2.43. The zero-order valence-electron chi connectivity index (χ0n) is 31.1. The van der Waals surface area contributed by atoms with Crippen LogP contribution in [0.25, 0.3) is 88.0 Å². The quantitative estimate of drug-likeness (QED) is 0.155. The molecular weight excluding hydrogens is 675 g/mol. The van der Waals surface area contributed by atoms with E-state index in [0.29, 0.717) is 0 Å². The SMILES string of the molecule is Cc1ccccc1N(c1ccc2cc3c(cc2c1)-c1cc2c(-c4ccccc4)c4ccccc4c(-c4ccccc4)c2cc1-3)c1ccccc1-c1ccccc1. The lowest BCUT2D eigenvalue weighted by Crippen LogP contribution is -2.12. The molecule has 10 aromatic rings. The van der Waals surface area contributed by atoms with E-state index in [-0.39, 0.29) is 0 Å². The van der Waals surface area contributed by atoms with Gasteiger partial charge in [0.1, 0.15) is 0 Å². The molecule has 0 saturated carbocycles. The Balaban J connectivity index is 1.12. The fourth-order valence-corrected chi connectivity index (χ4v) is 9.06. The highest BCUT2D eigenvalue weighted by Crippen LogP contribution is 2.54. The van der Waals surface area contributed by atoms with Gasteiger partial charge in [0.15, 0.2) is 0 Å². The third-order valence-corrected chi connectivity index (χ3v) is 11.7. The maximum atomic E-state index is 2.47. The van der Waals surface area contributed by atoms with Crippen LogP contribution in [0.15, 0.2) is 206 Å². The highest BCUT2D eigenvalue weighted by Gasteiger charge is 2.27. The number of rotatable bonds is 6. The average molecular weight is 712 g/mol. The first-order chi connectivity index (χ1) is 27.7. The Kier molecular flexibility index (Phi) is 7.47. The third kappa shape index (κ3) is 5.09. The van der Waals surface area contributed by atoms with Crippen LogP contribution < -0.4 is 4.90 Å². The third-order valence-electron chi connectivity index (χ3n) is 11.7. The van der Waals surface area contributed by atoms with Gasteiger partial charge in [0, 0.05) is 16.9 Å². The largest absolute Gasteiger partial charge is 0.310 e. The molecule has 1 aliphatic carbocycles. The summed E-state index contributed by atoms with van der Waals surface area (Å²) in [5, 5.41) is 7.61. The Morgan fingerprint density at radius 1 is 0.304 bits per heavy atom. The van der Waals surface area contributed by atoms with Crippen LogP contribution in [0.2, 0.25) is 0 Å². The van der Waals surface area contributed by atoms with E-state index in [4.69, 9.17) is 0 Å². The monoisotopic (exact) mass is 711 g/mol. The summed E-state index contributed by atoms with van der Waals surface area (Å²) in [6.45, 7) is 2.20. The molecule has 0 aromatic heterocycles. The van der Waals surface area contributed by atoms with Crippen molar-refractivity contribution in [3.63, 3.8) is 0 Å². The van der Waals surface area contributed by atoms with Crippen LogP contribution in [0.1, 0.15) is 5.56 Å². The molecule has 0 aliphatic heterocycles. The van der Waals surface area contributed by atoms with E-state index in [0.717, 1.165) is 11.4 Å². The Hall–Kier alpha value is -7.22. The minimum absolute atomic E-state index is 1.14. The highest BCUT2D eigenvalue weighted by atomic mass is 15.1. The number of aryl methyl sites for hydroxylation is 1. The molecule has 10 aromatic carbocycles. The van der Waals surface area contributed by atoms with E-state index < -0.39 is 0 Å². The predicted octanol–water partition coefficient (Wildman–Crippen LogP) is 15.6. The first-order valence-electron chi connectivity index (χ1n) is 19.4. The molecule has 0 amide bonds. The lowest BCUT2D eigenvalue weighted by molar-refractivity contribution is 1.25. The van der Waals surface area contributed by atoms with Gasteiger partial charge in [-0.05, 0) is 143 Å². The predicted molar refractivity (Wildman–Crippen MR) is 239 cm³/mol. The molecule has 0 atom stereocenters. The number of nitrogens with zero attached hydrogens (tertiary/aromatic N) is 1. The molecule has 1 heteroatoms. The summed E-state index contributed by atoms with van der Waals surface area (Å²) in [6.07, 6.45) is 0. The molecule has 0 saturated heterocycles. The average Bonchev–Trinajstić information content (AvgIpc) is 3.26. The second-order valence-electron chi connectivity index (χ2n) is 14.9. The number of hydrogen-bond acceptors (Lipinski definition) is 1. The molecule has 56 heavy (non-hydrogen) atoms. The van der Waals surface area contributed by atoms with Gasteiger partial charge in [-0.1, -0.05) is 158 Å². The van der Waals surface area contributed by atoms with Crippen LogP contribution in [0.3, 0.4) is 0 Å². The topological polar surface area (TPSA) is 3.24 Å². The molecule has 1 aliphatic rings. The van der Waals surface area contributed by atoms with Crippen LogP contribution in [-0.2, 0) is 0 Å². The zero-order chi connectivity index (χ0) is 37.2. The number of hydrogen-bond donors (Lipinski definition) is 0. The van der Waals surface area contributed by atoms with Gasteiger partial charge < -0.3 is 4.90 Å². The molecule has 11 rings (SSSR count). The second kappa shape index (κ2) is 13.0. The lowest BCUT2D eigenvalue weighted by Gasteiger charge is -2.30. The van der Waals surface area contributed by atoms with Gasteiger partial charge in [-0.3, -0.25) is 0 Å². The van der Waals surface area contributed by atoms with Crippen LogP contribution >= 0.6 is 0 Å². The van der Waals surface area contributed by atoms with Crippen LogP contribution in [0.4, 0.5) is 17.1 Å². The van der Waals surface area contributed by atoms with E-state index in [2.05, 4.69) is 218 Å². The first kappa shape index (κ1) is 32.2. The normalized spacial score (nSPS) is 11.7. The van der Waals surface area contributed by atoms with E-state index in [9.17, 15) is 0 Å². The van der Waals surface area contributed by atoms with E-state index in [1.54, 1.807) is 0 Å². The van der Waals surface area contributed by atoms with Crippen molar-refractivity contribution in [1.29, 1.82) is 0 Å². The number of anilines is 3.